The molecule has 1 aromatic carbocycles. The van der Waals surface area contributed by atoms with Crippen LogP contribution in [-0.2, 0) is 17.8 Å². The number of thiazole rings is 1. The zero-order chi connectivity index (χ0) is 14.1. The molecule has 1 aliphatic rings. The average molecular weight is 288 g/mol. The summed E-state index contributed by atoms with van der Waals surface area (Å²) in [6.45, 7) is 3.31. The zero-order valence-electron chi connectivity index (χ0n) is 11.2. The molecule has 104 valence electrons. The first-order valence-corrected chi connectivity index (χ1v) is 7.49. The van der Waals surface area contributed by atoms with E-state index in [1.807, 2.05) is 41.5 Å². The van der Waals surface area contributed by atoms with Crippen LogP contribution in [0.1, 0.15) is 27.9 Å². The van der Waals surface area contributed by atoms with Crippen molar-refractivity contribution in [3.05, 3.63) is 51.5 Å². The van der Waals surface area contributed by atoms with Gasteiger partial charge in [-0.25, -0.2) is 4.98 Å². The molecule has 0 saturated carbocycles. The van der Waals surface area contributed by atoms with Crippen LogP contribution in [0.5, 0.6) is 0 Å². The largest absolute Gasteiger partial charge is 0.480 e. The van der Waals surface area contributed by atoms with Crippen LogP contribution in [0.4, 0.5) is 0 Å². The van der Waals surface area contributed by atoms with Gasteiger partial charge < -0.3 is 5.11 Å². The summed E-state index contributed by atoms with van der Waals surface area (Å²) >= 11 is 1.60. The van der Waals surface area contributed by atoms with E-state index in [-0.39, 0.29) is 0 Å². The van der Waals surface area contributed by atoms with Crippen molar-refractivity contribution in [1.29, 1.82) is 0 Å². The standard InChI is InChI=1S/C15H16N2O2S/c1-10-16-12(9-20-10)8-17-7-6-11-4-2-3-5-13(11)14(17)15(18)19/h2-5,9,14H,6-8H2,1H3,(H,18,19). The highest BCUT2D eigenvalue weighted by molar-refractivity contribution is 7.09. The molecule has 0 saturated heterocycles. The topological polar surface area (TPSA) is 53.4 Å². The summed E-state index contributed by atoms with van der Waals surface area (Å²) in [4.78, 5) is 18.1. The van der Waals surface area contributed by atoms with E-state index >= 15 is 0 Å². The summed E-state index contributed by atoms with van der Waals surface area (Å²) in [5.41, 5.74) is 3.02. The Morgan fingerprint density at radius 3 is 3.00 bits per heavy atom. The van der Waals surface area contributed by atoms with E-state index in [0.717, 1.165) is 34.8 Å². The highest BCUT2D eigenvalue weighted by Crippen LogP contribution is 2.31. The average Bonchev–Trinajstić information content (AvgIpc) is 2.83. The predicted molar refractivity (Wildman–Crippen MR) is 77.8 cm³/mol. The SMILES string of the molecule is Cc1nc(CN2CCc3ccccc3C2C(=O)O)cs1. The predicted octanol–water partition coefficient (Wildman–Crippen LogP) is 2.64. The highest BCUT2D eigenvalue weighted by atomic mass is 32.1. The van der Waals surface area contributed by atoms with Crippen molar-refractivity contribution in [2.24, 2.45) is 0 Å². The summed E-state index contributed by atoms with van der Waals surface area (Å²) < 4.78 is 0. The van der Waals surface area contributed by atoms with Gasteiger partial charge in [0.15, 0.2) is 0 Å². The van der Waals surface area contributed by atoms with Crippen LogP contribution < -0.4 is 0 Å². The summed E-state index contributed by atoms with van der Waals surface area (Å²) in [6, 6.07) is 7.26. The molecule has 0 fully saturated rings. The molecule has 2 aromatic rings. The minimum Gasteiger partial charge on any atom is -0.480 e. The van der Waals surface area contributed by atoms with Crippen LogP contribution in [-0.4, -0.2) is 27.5 Å². The van der Waals surface area contributed by atoms with Crippen molar-refractivity contribution >= 4 is 17.3 Å². The lowest BCUT2D eigenvalue weighted by molar-refractivity contribution is -0.144. The summed E-state index contributed by atoms with van der Waals surface area (Å²) in [7, 11) is 0. The van der Waals surface area contributed by atoms with Crippen LogP contribution >= 0.6 is 11.3 Å². The monoisotopic (exact) mass is 288 g/mol. The summed E-state index contributed by atoms with van der Waals surface area (Å²) in [6.07, 6.45) is 0.892. The van der Waals surface area contributed by atoms with E-state index in [4.69, 9.17) is 0 Å². The van der Waals surface area contributed by atoms with Gasteiger partial charge in [-0.3, -0.25) is 9.69 Å². The molecule has 20 heavy (non-hydrogen) atoms. The maximum Gasteiger partial charge on any atom is 0.325 e. The molecule has 1 aromatic heterocycles. The fourth-order valence-electron chi connectivity index (χ4n) is 2.77. The molecule has 0 radical (unpaired) electrons. The van der Waals surface area contributed by atoms with Gasteiger partial charge in [0.2, 0.25) is 0 Å². The molecule has 1 atom stereocenters. The van der Waals surface area contributed by atoms with E-state index in [1.54, 1.807) is 11.3 Å². The molecule has 1 unspecified atom stereocenters. The Kier molecular flexibility index (Phi) is 3.54. The smallest absolute Gasteiger partial charge is 0.325 e. The minimum absolute atomic E-state index is 0.568. The van der Waals surface area contributed by atoms with E-state index < -0.39 is 12.0 Å². The van der Waals surface area contributed by atoms with Gasteiger partial charge >= 0.3 is 5.97 Å². The number of carboxylic acid groups (broad SMARTS) is 1. The lowest BCUT2D eigenvalue weighted by Crippen LogP contribution is -2.39. The molecular formula is C15H16N2O2S. The Labute approximate surface area is 121 Å². The van der Waals surface area contributed by atoms with Gasteiger partial charge in [0.05, 0.1) is 10.7 Å². The number of fused-ring (bicyclic) bond motifs is 1. The third-order valence-corrected chi connectivity index (χ3v) is 4.47. The third-order valence-electron chi connectivity index (χ3n) is 3.65. The Morgan fingerprint density at radius 2 is 2.30 bits per heavy atom. The summed E-state index contributed by atoms with van der Waals surface area (Å²) in [5, 5.41) is 12.6. The number of benzene rings is 1. The second-order valence-electron chi connectivity index (χ2n) is 5.02. The number of nitrogens with zero attached hydrogens (tertiary/aromatic N) is 2. The molecule has 0 bridgehead atoms. The first-order chi connectivity index (χ1) is 9.65. The van der Waals surface area contributed by atoms with Crippen molar-refractivity contribution in [1.82, 2.24) is 9.88 Å². The van der Waals surface area contributed by atoms with Gasteiger partial charge in [-0.2, -0.15) is 0 Å². The third kappa shape index (κ3) is 2.46. The molecule has 4 nitrogen and oxygen atoms in total. The molecule has 0 spiro atoms. The van der Waals surface area contributed by atoms with Crippen LogP contribution in [0.15, 0.2) is 29.6 Å². The number of hydrogen-bond acceptors (Lipinski definition) is 4. The molecule has 2 heterocycles. The van der Waals surface area contributed by atoms with Gasteiger partial charge in [-0.05, 0) is 24.5 Å². The minimum atomic E-state index is -0.788. The maximum absolute atomic E-state index is 11.7. The number of aromatic nitrogens is 1. The second kappa shape index (κ2) is 5.34. The van der Waals surface area contributed by atoms with E-state index in [2.05, 4.69) is 4.98 Å². The number of carboxylic acids is 1. The molecule has 0 amide bonds. The van der Waals surface area contributed by atoms with Gasteiger partial charge in [0, 0.05) is 18.5 Å². The Hall–Kier alpha value is -1.72. The van der Waals surface area contributed by atoms with E-state index in [9.17, 15) is 9.90 Å². The van der Waals surface area contributed by atoms with Gasteiger partial charge in [0.1, 0.15) is 6.04 Å². The molecule has 5 heteroatoms. The van der Waals surface area contributed by atoms with Crippen LogP contribution in [0, 0.1) is 6.92 Å². The van der Waals surface area contributed by atoms with Gasteiger partial charge in [-0.1, -0.05) is 24.3 Å². The van der Waals surface area contributed by atoms with Crippen LogP contribution in [0.2, 0.25) is 0 Å². The van der Waals surface area contributed by atoms with E-state index in [0.29, 0.717) is 6.54 Å². The Morgan fingerprint density at radius 1 is 1.50 bits per heavy atom. The number of rotatable bonds is 3. The molecule has 0 aliphatic carbocycles. The quantitative estimate of drug-likeness (QED) is 0.943. The molecule has 3 rings (SSSR count). The Bertz CT molecular complexity index is 638. The molecule has 1 aliphatic heterocycles. The number of hydrogen-bond donors (Lipinski definition) is 1. The molecule has 1 N–H and O–H groups in total. The van der Waals surface area contributed by atoms with Gasteiger partial charge in [-0.15, -0.1) is 11.3 Å². The van der Waals surface area contributed by atoms with Crippen molar-refractivity contribution in [2.45, 2.75) is 25.9 Å². The van der Waals surface area contributed by atoms with Crippen LogP contribution in [0.3, 0.4) is 0 Å². The normalized spacial score (nSPS) is 18.8. The number of aliphatic carboxylic acids is 1. The zero-order valence-corrected chi connectivity index (χ0v) is 12.1. The van der Waals surface area contributed by atoms with Gasteiger partial charge in [0.25, 0.3) is 0 Å². The van der Waals surface area contributed by atoms with Crippen LogP contribution in [0.25, 0.3) is 0 Å². The fourth-order valence-corrected chi connectivity index (χ4v) is 3.37. The molecular weight excluding hydrogens is 272 g/mol. The number of aryl methyl sites for hydroxylation is 1. The van der Waals surface area contributed by atoms with E-state index in [1.165, 1.54) is 0 Å². The van der Waals surface area contributed by atoms with Crippen molar-refractivity contribution in [3.63, 3.8) is 0 Å². The number of carbonyl (C=O) groups is 1. The lowest BCUT2D eigenvalue weighted by Gasteiger charge is -2.34. The first-order valence-electron chi connectivity index (χ1n) is 6.61. The fraction of sp³-hybridized carbons (Fsp3) is 0.333. The summed E-state index contributed by atoms with van der Waals surface area (Å²) in [5.74, 6) is -0.788. The first kappa shape index (κ1) is 13.3. The maximum atomic E-state index is 11.7. The van der Waals surface area contributed by atoms with Crippen molar-refractivity contribution in [2.75, 3.05) is 6.54 Å². The van der Waals surface area contributed by atoms with Crippen molar-refractivity contribution in [3.8, 4) is 0 Å². The highest BCUT2D eigenvalue weighted by Gasteiger charge is 2.32. The lowest BCUT2D eigenvalue weighted by atomic mass is 9.92. The Balaban J connectivity index is 1.90. The van der Waals surface area contributed by atoms with Crippen molar-refractivity contribution < 1.29 is 9.90 Å². The second-order valence-corrected chi connectivity index (χ2v) is 6.08.